The lowest BCUT2D eigenvalue weighted by Gasteiger charge is -2.38. The molecule has 0 atom stereocenters. The van der Waals surface area contributed by atoms with Crippen LogP contribution in [-0.2, 0) is 0 Å². The van der Waals surface area contributed by atoms with Crippen LogP contribution in [0.15, 0.2) is 17.0 Å². The third kappa shape index (κ3) is 2.21. The van der Waals surface area contributed by atoms with Gasteiger partial charge in [0.25, 0.3) is 0 Å². The highest BCUT2D eigenvalue weighted by Gasteiger charge is 2.39. The van der Waals surface area contributed by atoms with Crippen molar-refractivity contribution < 1.29 is 4.74 Å². The van der Waals surface area contributed by atoms with E-state index in [9.17, 15) is 0 Å². The summed E-state index contributed by atoms with van der Waals surface area (Å²) in [6.45, 7) is 11.6. The van der Waals surface area contributed by atoms with Crippen LogP contribution in [0, 0.1) is 0 Å². The number of halogens is 1. The number of fused-ring (bicyclic) bond motifs is 1. The molecule has 0 N–H and O–H groups in total. The summed E-state index contributed by atoms with van der Waals surface area (Å²) in [5, 5.41) is 0.221. The lowest BCUT2D eigenvalue weighted by molar-refractivity contribution is 0.401. The zero-order valence-corrected chi connectivity index (χ0v) is 14.9. The largest absolute Gasteiger partial charge is 0.479 e. The summed E-state index contributed by atoms with van der Waals surface area (Å²) in [5.41, 5.74) is 1.90. The molecule has 0 fully saturated rings. The first-order valence-electron chi connectivity index (χ1n) is 6.26. The molecule has 0 saturated carbocycles. The maximum atomic E-state index is 5.42. The first-order valence-corrected chi connectivity index (χ1v) is 10.00. The van der Waals surface area contributed by atoms with Gasteiger partial charge in [-0.05, 0) is 21.0 Å². The van der Waals surface area contributed by atoms with Crippen molar-refractivity contribution in [2.75, 3.05) is 7.11 Å². The summed E-state index contributed by atoms with van der Waals surface area (Å²) in [6, 6.07) is 0. The van der Waals surface area contributed by atoms with Crippen LogP contribution in [0.25, 0.3) is 11.0 Å². The molecule has 19 heavy (non-hydrogen) atoms. The van der Waals surface area contributed by atoms with Gasteiger partial charge in [-0.2, -0.15) is 4.98 Å². The number of hydrogen-bond acceptors (Lipinski definition) is 3. The Morgan fingerprint density at radius 1 is 1.26 bits per heavy atom. The molecule has 0 radical (unpaired) electrons. The van der Waals surface area contributed by atoms with E-state index >= 15 is 0 Å². The molecule has 6 heteroatoms. The maximum absolute atomic E-state index is 5.42. The Morgan fingerprint density at radius 2 is 1.89 bits per heavy atom. The Hall–Kier alpha value is -0.883. The van der Waals surface area contributed by atoms with Gasteiger partial charge in [0, 0.05) is 6.20 Å². The average molecular weight is 342 g/mol. The predicted molar refractivity (Wildman–Crippen MR) is 84.4 cm³/mol. The van der Waals surface area contributed by atoms with E-state index in [1.165, 1.54) is 0 Å². The highest BCUT2D eigenvalue weighted by atomic mass is 79.9. The fraction of sp³-hybridized carbons (Fsp3) is 0.538. The van der Waals surface area contributed by atoms with Gasteiger partial charge < -0.3 is 8.97 Å². The van der Waals surface area contributed by atoms with E-state index < -0.39 is 8.24 Å². The Kier molecular flexibility index (Phi) is 3.51. The van der Waals surface area contributed by atoms with Crippen LogP contribution >= 0.6 is 15.9 Å². The molecule has 0 saturated heterocycles. The molecule has 0 aliphatic rings. The van der Waals surface area contributed by atoms with E-state index in [-0.39, 0.29) is 5.04 Å². The topological polar surface area (TPSA) is 39.9 Å². The van der Waals surface area contributed by atoms with Crippen LogP contribution in [0.5, 0.6) is 5.88 Å². The first-order chi connectivity index (χ1) is 8.70. The van der Waals surface area contributed by atoms with Gasteiger partial charge in [-0.15, -0.1) is 0 Å². The highest BCUT2D eigenvalue weighted by molar-refractivity contribution is 9.10. The number of nitrogens with zero attached hydrogens (tertiary/aromatic N) is 3. The molecule has 0 aliphatic carbocycles. The molecule has 2 aromatic heterocycles. The number of hydrogen-bond donors (Lipinski definition) is 0. The summed E-state index contributed by atoms with van der Waals surface area (Å²) in [5.74, 6) is 0.639. The maximum Gasteiger partial charge on any atom is 0.240 e. The van der Waals surface area contributed by atoms with Crippen molar-refractivity contribution >= 4 is 35.2 Å². The second-order valence-corrected chi connectivity index (χ2v) is 12.2. The van der Waals surface area contributed by atoms with Crippen molar-refractivity contribution in [3.8, 4) is 5.88 Å². The van der Waals surface area contributed by atoms with Gasteiger partial charge in [0.05, 0.1) is 11.6 Å². The predicted octanol–water partition coefficient (Wildman–Crippen LogP) is 4.06. The van der Waals surface area contributed by atoms with Crippen molar-refractivity contribution in [3.05, 3.63) is 17.0 Å². The summed E-state index contributed by atoms with van der Waals surface area (Å²) in [7, 11) is -0.0941. The van der Waals surface area contributed by atoms with Gasteiger partial charge >= 0.3 is 0 Å². The molecular formula is C13H20BrN3OSi. The van der Waals surface area contributed by atoms with Gasteiger partial charge in [0.2, 0.25) is 5.88 Å². The Morgan fingerprint density at radius 3 is 2.42 bits per heavy atom. The van der Waals surface area contributed by atoms with Crippen molar-refractivity contribution in [3.63, 3.8) is 0 Å². The molecule has 4 nitrogen and oxygen atoms in total. The zero-order valence-electron chi connectivity index (χ0n) is 12.3. The van der Waals surface area contributed by atoms with Crippen molar-refractivity contribution in [2.24, 2.45) is 0 Å². The monoisotopic (exact) mass is 341 g/mol. The highest BCUT2D eigenvalue weighted by Crippen LogP contribution is 2.41. The number of ether oxygens (including phenoxy) is 1. The number of rotatable bonds is 2. The van der Waals surface area contributed by atoms with Crippen molar-refractivity contribution in [2.45, 2.75) is 38.9 Å². The van der Waals surface area contributed by atoms with Crippen LogP contribution in [0.4, 0.5) is 0 Å². The van der Waals surface area contributed by atoms with E-state index in [0.29, 0.717) is 5.88 Å². The third-order valence-corrected chi connectivity index (χ3v) is 9.94. The van der Waals surface area contributed by atoms with Crippen LogP contribution in [-0.4, -0.2) is 29.5 Å². The molecule has 0 amide bonds. The molecule has 0 bridgehead atoms. The van der Waals surface area contributed by atoms with Crippen LogP contribution in [0.1, 0.15) is 20.8 Å². The van der Waals surface area contributed by atoms with E-state index in [0.717, 1.165) is 15.5 Å². The zero-order chi connectivity index (χ0) is 14.4. The molecule has 104 valence electrons. The fourth-order valence-corrected chi connectivity index (χ4v) is 4.56. The lowest BCUT2D eigenvalue weighted by atomic mass is 10.2. The second kappa shape index (κ2) is 4.59. The fourth-order valence-electron chi connectivity index (χ4n) is 1.95. The van der Waals surface area contributed by atoms with Gasteiger partial charge in [-0.25, -0.2) is 4.98 Å². The number of aromatic nitrogens is 3. The standard InChI is InChI=1S/C13H20BrN3OSi/c1-13(2,3)19(5,6)17-7-9(14)10-11(17)12(18-4)16-8-15-10/h7-8H,1-6H3. The molecule has 0 aromatic carbocycles. The average Bonchev–Trinajstić information content (AvgIpc) is 2.66. The first kappa shape index (κ1) is 14.5. The SMILES string of the molecule is COc1ncnc2c(Br)cn([Si](C)(C)C(C)(C)C)c12. The molecule has 0 aliphatic heterocycles. The molecular weight excluding hydrogens is 322 g/mol. The number of methoxy groups -OCH3 is 1. The minimum Gasteiger partial charge on any atom is -0.479 e. The van der Waals surface area contributed by atoms with E-state index in [2.05, 4.69) is 70.2 Å². The van der Waals surface area contributed by atoms with Crippen LogP contribution in [0.3, 0.4) is 0 Å². The quantitative estimate of drug-likeness (QED) is 0.773. The lowest BCUT2D eigenvalue weighted by Crippen LogP contribution is -2.45. The molecule has 2 heterocycles. The van der Waals surface area contributed by atoms with Gasteiger partial charge in [-0.3, -0.25) is 0 Å². The van der Waals surface area contributed by atoms with E-state index in [1.807, 2.05) is 0 Å². The van der Waals surface area contributed by atoms with Gasteiger partial charge in [0.1, 0.15) is 17.4 Å². The van der Waals surface area contributed by atoms with Crippen molar-refractivity contribution in [1.82, 2.24) is 14.2 Å². The minimum atomic E-state index is -1.75. The van der Waals surface area contributed by atoms with Crippen LogP contribution < -0.4 is 4.74 Å². The van der Waals surface area contributed by atoms with Gasteiger partial charge in [-0.1, -0.05) is 33.9 Å². The summed E-state index contributed by atoms with van der Waals surface area (Å²) < 4.78 is 8.75. The summed E-state index contributed by atoms with van der Waals surface area (Å²) >= 11 is 3.60. The molecule has 2 rings (SSSR count). The van der Waals surface area contributed by atoms with Gasteiger partial charge in [0.15, 0.2) is 8.24 Å². The summed E-state index contributed by atoms with van der Waals surface area (Å²) in [4.78, 5) is 8.61. The normalized spacial score (nSPS) is 13.0. The second-order valence-electron chi connectivity index (χ2n) is 6.24. The Labute approximate surface area is 123 Å². The van der Waals surface area contributed by atoms with Crippen LogP contribution in [0.2, 0.25) is 18.1 Å². The molecule has 0 unspecified atom stereocenters. The molecule has 2 aromatic rings. The Bertz CT molecular complexity index is 616. The van der Waals surface area contributed by atoms with E-state index in [1.54, 1.807) is 13.4 Å². The smallest absolute Gasteiger partial charge is 0.240 e. The van der Waals surface area contributed by atoms with E-state index in [4.69, 9.17) is 4.74 Å². The summed E-state index contributed by atoms with van der Waals surface area (Å²) in [6.07, 6.45) is 3.67. The minimum absolute atomic E-state index is 0.221. The third-order valence-electron chi connectivity index (χ3n) is 4.13. The molecule has 0 spiro atoms. The van der Waals surface area contributed by atoms with Crippen molar-refractivity contribution in [1.29, 1.82) is 0 Å². The Balaban J connectivity index is 2.82.